The van der Waals surface area contributed by atoms with Crippen molar-refractivity contribution in [2.45, 2.75) is 0 Å². The molecule has 24 valence electrons. The maximum absolute atomic E-state index is 10.7. The van der Waals surface area contributed by atoms with E-state index in [1.807, 2.05) is 0 Å². The van der Waals surface area contributed by atoms with Gasteiger partial charge in [0, 0.05) is 5.29 Å². The van der Waals surface area contributed by atoms with E-state index in [4.69, 9.17) is 0 Å². The Hall–Kier alpha value is -0.150. The average molecular weight is 63.0 g/mol. The largest absolute Gasteiger partial charge is 0.247 e. The summed E-state index contributed by atoms with van der Waals surface area (Å²) < 4.78 is 10.7. The molecule has 1 heterocycles. The highest BCUT2D eigenvalue weighted by molar-refractivity contribution is 4.15. The third-order valence-corrected chi connectivity index (χ3v) is 0.227. The molecule has 0 amide bonds. The summed E-state index contributed by atoms with van der Waals surface area (Å²) in [6.07, 6.45) is 0. The Labute approximate surface area is 22.7 Å². The monoisotopic (exact) mass is 63.0 g/mol. The highest BCUT2D eigenvalue weighted by atomic mass is 19.2. The predicted octanol–water partition coefficient (Wildman–Crippen LogP) is 0.0756. The summed E-state index contributed by atoms with van der Waals surface area (Å²) in [6, 6.07) is 0. The molecule has 2 nitrogen and oxygen atoms in total. The van der Waals surface area contributed by atoms with Crippen LogP contribution in [0, 0.1) is 0 Å². The van der Waals surface area contributed by atoms with Crippen LogP contribution in [0.3, 0.4) is 0 Å². The molecule has 1 atom stereocenters. The van der Waals surface area contributed by atoms with E-state index in [0.29, 0.717) is 0 Å². The normalized spacial score (nSPS) is 39.8. The van der Waals surface area contributed by atoms with Crippen molar-refractivity contribution < 1.29 is 9.32 Å². The van der Waals surface area contributed by atoms with Gasteiger partial charge < -0.3 is 0 Å². The molecule has 0 aromatic rings. The second-order valence-corrected chi connectivity index (χ2v) is 0.576. The summed E-state index contributed by atoms with van der Waals surface area (Å²) in [5.74, 6) is 0. The van der Waals surface area contributed by atoms with Gasteiger partial charge in [0.2, 0.25) is 0 Å². The van der Waals surface area contributed by atoms with Gasteiger partial charge in [-0.3, -0.25) is 0 Å². The first-order chi connectivity index (χ1) is 1.89. The zero-order chi connectivity index (χ0) is 2.99. The summed E-state index contributed by atoms with van der Waals surface area (Å²) in [4.78, 5) is 3.88. The molecule has 4 heavy (non-hydrogen) atoms. The van der Waals surface area contributed by atoms with Gasteiger partial charge in [0.25, 0.3) is 0 Å². The molecular weight excluding hydrogens is 61.0 g/mol. The summed E-state index contributed by atoms with van der Waals surface area (Å²) in [5, 5.41) is 0.250. The number of halogens is 1. The third-order valence-electron chi connectivity index (χ3n) is 0.227. The Balaban J connectivity index is 2.17. The van der Waals surface area contributed by atoms with Crippen LogP contribution in [0.2, 0.25) is 0 Å². The second-order valence-electron chi connectivity index (χ2n) is 0.576. The molecule has 1 aliphatic heterocycles. The van der Waals surface area contributed by atoms with Crippen LogP contribution in [0.5, 0.6) is 0 Å². The fourth-order valence-electron chi connectivity index (χ4n) is 0.0218. The standard InChI is InChI=1S/CH2FNO/c2-3-1-4-3/h1H2. The van der Waals surface area contributed by atoms with Crippen molar-refractivity contribution >= 4 is 0 Å². The fraction of sp³-hybridized carbons (Fsp3) is 1.00. The Morgan fingerprint density at radius 2 is 2.25 bits per heavy atom. The Kier molecular flexibility index (Phi) is 0.219. The zero-order valence-corrected chi connectivity index (χ0v) is 1.94. The minimum atomic E-state index is 0.153. The Morgan fingerprint density at radius 1 is 2.00 bits per heavy atom. The lowest BCUT2D eigenvalue weighted by atomic mass is 11.5. The number of hydroxylamine groups is 1. The van der Waals surface area contributed by atoms with Crippen molar-refractivity contribution in [1.29, 1.82) is 0 Å². The van der Waals surface area contributed by atoms with Crippen LogP contribution >= 0.6 is 0 Å². The maximum atomic E-state index is 10.7. The molecule has 0 aromatic carbocycles. The van der Waals surface area contributed by atoms with Crippen LogP contribution in [0.15, 0.2) is 0 Å². The first-order valence-corrected chi connectivity index (χ1v) is 0.957. The van der Waals surface area contributed by atoms with Gasteiger partial charge in [-0.2, -0.15) is 0 Å². The molecule has 1 rings (SSSR count). The molecule has 3 heteroatoms. The fourth-order valence-corrected chi connectivity index (χ4v) is 0.0218. The Morgan fingerprint density at radius 3 is 2.25 bits per heavy atom. The smallest absolute Gasteiger partial charge is 0.179 e. The number of rotatable bonds is 0. The van der Waals surface area contributed by atoms with Gasteiger partial charge in [0.1, 0.15) is 0 Å². The molecular formula is CH2FNO. The van der Waals surface area contributed by atoms with E-state index in [1.54, 1.807) is 0 Å². The summed E-state index contributed by atoms with van der Waals surface area (Å²) in [6.45, 7) is 0.153. The van der Waals surface area contributed by atoms with E-state index in [-0.39, 0.29) is 12.0 Å². The number of nitrogens with zero attached hydrogens (tertiary/aromatic N) is 1. The molecule has 1 saturated heterocycles. The molecule has 1 unspecified atom stereocenters. The molecule has 1 aliphatic rings. The third kappa shape index (κ3) is 0.165. The van der Waals surface area contributed by atoms with Crippen LogP contribution in [0.1, 0.15) is 0 Å². The molecule has 0 aliphatic carbocycles. The molecule has 1 fully saturated rings. The van der Waals surface area contributed by atoms with Gasteiger partial charge in [-0.25, -0.2) is 4.84 Å². The average Bonchev–Trinajstić information content (AvgIpc) is 1.75. The van der Waals surface area contributed by atoms with Crippen molar-refractivity contribution in [3.63, 3.8) is 0 Å². The highest BCUT2D eigenvalue weighted by Crippen LogP contribution is 2.03. The summed E-state index contributed by atoms with van der Waals surface area (Å²) >= 11 is 0. The molecule has 0 radical (unpaired) electrons. The van der Waals surface area contributed by atoms with Crippen LogP contribution in [0.25, 0.3) is 0 Å². The second kappa shape index (κ2) is 0.415. The minimum absolute atomic E-state index is 0.153. The maximum Gasteiger partial charge on any atom is 0.179 e. The van der Waals surface area contributed by atoms with Crippen molar-refractivity contribution in [3.8, 4) is 0 Å². The van der Waals surface area contributed by atoms with E-state index in [1.165, 1.54) is 0 Å². The Bertz CT molecular complexity index is 27.2. The van der Waals surface area contributed by atoms with E-state index in [2.05, 4.69) is 4.84 Å². The molecule has 0 N–H and O–H groups in total. The van der Waals surface area contributed by atoms with E-state index < -0.39 is 0 Å². The van der Waals surface area contributed by atoms with E-state index in [0.717, 1.165) is 0 Å². The lowest BCUT2D eigenvalue weighted by Gasteiger charge is -1.53. The molecule has 0 bridgehead atoms. The van der Waals surface area contributed by atoms with Crippen molar-refractivity contribution in [2.75, 3.05) is 6.73 Å². The molecule has 0 aromatic heterocycles. The van der Waals surface area contributed by atoms with Crippen LogP contribution in [0.4, 0.5) is 4.48 Å². The highest BCUT2D eigenvalue weighted by Gasteiger charge is 2.15. The summed E-state index contributed by atoms with van der Waals surface area (Å²) in [7, 11) is 0. The number of hydrogen-bond donors (Lipinski definition) is 0. The zero-order valence-electron chi connectivity index (χ0n) is 1.94. The topological polar surface area (TPSA) is 15.5 Å². The first-order valence-electron chi connectivity index (χ1n) is 0.957. The van der Waals surface area contributed by atoms with Gasteiger partial charge in [-0.15, -0.1) is 4.48 Å². The van der Waals surface area contributed by atoms with E-state index >= 15 is 0 Å². The van der Waals surface area contributed by atoms with E-state index in [9.17, 15) is 4.48 Å². The number of hydrogen-bond acceptors (Lipinski definition) is 2. The van der Waals surface area contributed by atoms with Gasteiger partial charge in [-0.05, 0) is 0 Å². The quantitative estimate of drug-likeness (QED) is 0.292. The van der Waals surface area contributed by atoms with Crippen LogP contribution < -0.4 is 0 Å². The van der Waals surface area contributed by atoms with Gasteiger partial charge >= 0.3 is 0 Å². The van der Waals surface area contributed by atoms with Crippen LogP contribution in [-0.2, 0) is 4.84 Å². The summed E-state index contributed by atoms with van der Waals surface area (Å²) in [5.41, 5.74) is 0. The van der Waals surface area contributed by atoms with Crippen molar-refractivity contribution in [1.82, 2.24) is 5.29 Å². The predicted molar refractivity (Wildman–Crippen MR) is 8.90 cm³/mol. The minimum Gasteiger partial charge on any atom is -0.247 e. The van der Waals surface area contributed by atoms with Crippen molar-refractivity contribution in [3.05, 3.63) is 0 Å². The van der Waals surface area contributed by atoms with Crippen molar-refractivity contribution in [2.24, 2.45) is 0 Å². The van der Waals surface area contributed by atoms with Crippen LogP contribution in [-0.4, -0.2) is 12.0 Å². The van der Waals surface area contributed by atoms with Gasteiger partial charge in [0.05, 0.1) is 0 Å². The van der Waals surface area contributed by atoms with Gasteiger partial charge in [-0.1, -0.05) is 0 Å². The molecule has 0 spiro atoms. The first kappa shape index (κ1) is 2.11. The lowest BCUT2D eigenvalue weighted by molar-refractivity contribution is 0.00505. The lowest BCUT2D eigenvalue weighted by Crippen LogP contribution is -1.62. The SMILES string of the molecule is FN1CO1. The van der Waals surface area contributed by atoms with Gasteiger partial charge in [0.15, 0.2) is 6.73 Å². The molecule has 0 saturated carbocycles.